The summed E-state index contributed by atoms with van der Waals surface area (Å²) in [5.41, 5.74) is 2.32. The van der Waals surface area contributed by atoms with Crippen LogP contribution in [0.3, 0.4) is 0 Å². The zero-order valence-corrected chi connectivity index (χ0v) is 15.8. The third-order valence-electron chi connectivity index (χ3n) is 4.67. The summed E-state index contributed by atoms with van der Waals surface area (Å²) in [6.45, 7) is 2.68. The van der Waals surface area contributed by atoms with Gasteiger partial charge in [-0.3, -0.25) is 4.57 Å². The molecule has 0 saturated heterocycles. The van der Waals surface area contributed by atoms with Crippen LogP contribution in [0.15, 0.2) is 12.7 Å². The number of hydrogen-bond donors (Lipinski definition) is 3. The van der Waals surface area contributed by atoms with Crippen molar-refractivity contribution in [1.82, 2.24) is 24.8 Å². The van der Waals surface area contributed by atoms with E-state index in [1.165, 1.54) is 38.4 Å². The minimum Gasteiger partial charge on any atom is -0.367 e. The van der Waals surface area contributed by atoms with Gasteiger partial charge in [0.2, 0.25) is 0 Å². The van der Waals surface area contributed by atoms with E-state index in [0.29, 0.717) is 18.2 Å². The van der Waals surface area contributed by atoms with Crippen LogP contribution in [-0.4, -0.2) is 48.3 Å². The van der Waals surface area contributed by atoms with E-state index in [1.54, 1.807) is 6.33 Å². The van der Waals surface area contributed by atoms with Crippen molar-refractivity contribution in [3.05, 3.63) is 18.3 Å². The number of hydrogen-bond acceptors (Lipinski definition) is 6. The smallest absolute Gasteiger partial charge is 0.350 e. The maximum Gasteiger partial charge on any atom is 0.350 e. The number of imidazole rings is 1. The second-order valence-electron chi connectivity index (χ2n) is 6.79. The molecule has 1 aliphatic carbocycles. The summed E-state index contributed by atoms with van der Waals surface area (Å²) in [4.78, 5) is 30.8. The van der Waals surface area contributed by atoms with Gasteiger partial charge in [0.25, 0.3) is 0 Å². The molecule has 3 rings (SSSR count). The van der Waals surface area contributed by atoms with E-state index in [1.807, 2.05) is 4.57 Å². The monoisotopic (exact) mass is 383 g/mol. The molecule has 1 fully saturated rings. The highest BCUT2D eigenvalue weighted by Crippen LogP contribution is 2.33. The van der Waals surface area contributed by atoms with Crippen molar-refractivity contribution in [3.63, 3.8) is 0 Å². The first kappa shape index (κ1) is 19.4. The Labute approximate surface area is 152 Å². The van der Waals surface area contributed by atoms with Crippen LogP contribution in [0, 0.1) is 0 Å². The van der Waals surface area contributed by atoms with Gasteiger partial charge in [-0.15, -0.1) is 0 Å². The van der Waals surface area contributed by atoms with E-state index < -0.39 is 13.9 Å². The lowest BCUT2D eigenvalue weighted by Crippen LogP contribution is -2.33. The van der Waals surface area contributed by atoms with Crippen molar-refractivity contribution in [3.8, 4) is 0 Å². The van der Waals surface area contributed by atoms with Gasteiger partial charge in [-0.1, -0.05) is 19.3 Å². The number of rotatable bonds is 8. The quantitative estimate of drug-likeness (QED) is 0.467. The molecule has 9 nitrogen and oxygen atoms in total. The Hall–Kier alpha value is -1.38. The number of aromatic nitrogens is 4. The molecule has 3 N–H and O–H groups in total. The summed E-state index contributed by atoms with van der Waals surface area (Å²) in [6, 6.07) is 0.602. The Morgan fingerprint density at radius 3 is 2.81 bits per heavy atom. The fourth-order valence-corrected chi connectivity index (χ4v) is 3.79. The van der Waals surface area contributed by atoms with Crippen LogP contribution in [-0.2, 0) is 15.8 Å². The number of fused-ring (bicyclic) bond motifs is 1. The second kappa shape index (κ2) is 8.54. The average molecular weight is 383 g/mol. The van der Waals surface area contributed by atoms with Gasteiger partial charge in [0, 0.05) is 18.6 Å². The fraction of sp³-hybridized carbons (Fsp3) is 0.688. The van der Waals surface area contributed by atoms with Crippen molar-refractivity contribution in [2.45, 2.75) is 57.7 Å². The molecule has 144 valence electrons. The first-order chi connectivity index (χ1) is 12.4. The average Bonchev–Trinajstić information content (AvgIpc) is 3.02. The van der Waals surface area contributed by atoms with E-state index in [2.05, 4.69) is 27.2 Å². The summed E-state index contributed by atoms with van der Waals surface area (Å²) < 4.78 is 17.7. The Balaban J connectivity index is 1.66. The molecule has 2 heterocycles. The molecule has 0 amide bonds. The lowest BCUT2D eigenvalue weighted by Gasteiger charge is -2.26. The van der Waals surface area contributed by atoms with E-state index in [0.717, 1.165) is 11.2 Å². The largest absolute Gasteiger partial charge is 0.367 e. The summed E-state index contributed by atoms with van der Waals surface area (Å²) >= 11 is 0. The van der Waals surface area contributed by atoms with Crippen molar-refractivity contribution in [1.29, 1.82) is 0 Å². The Morgan fingerprint density at radius 1 is 1.31 bits per heavy atom. The van der Waals surface area contributed by atoms with Crippen LogP contribution in [0.1, 0.15) is 50.8 Å². The van der Waals surface area contributed by atoms with Crippen molar-refractivity contribution in [2.24, 2.45) is 0 Å². The van der Waals surface area contributed by atoms with Crippen LogP contribution in [0.4, 0.5) is 0 Å². The topological polar surface area (TPSA) is 122 Å². The zero-order chi connectivity index (χ0) is 18.6. The molecule has 0 aromatic carbocycles. The molecular formula is C16H26N5O4P. The molecule has 0 radical (unpaired) electrons. The highest BCUT2D eigenvalue weighted by Gasteiger charge is 2.20. The summed E-state index contributed by atoms with van der Waals surface area (Å²) in [7, 11) is -4.14. The molecule has 0 aliphatic heterocycles. The molecule has 2 aromatic rings. The minimum atomic E-state index is -4.14. The molecule has 1 saturated carbocycles. The molecule has 0 spiro atoms. The van der Waals surface area contributed by atoms with Gasteiger partial charge in [-0.2, -0.15) is 0 Å². The van der Waals surface area contributed by atoms with Crippen molar-refractivity contribution < 1.29 is 19.1 Å². The third-order valence-corrected chi connectivity index (χ3v) is 5.19. The zero-order valence-electron chi connectivity index (χ0n) is 14.9. The van der Waals surface area contributed by atoms with Crippen molar-refractivity contribution in [2.75, 3.05) is 13.0 Å². The van der Waals surface area contributed by atoms with E-state index in [4.69, 9.17) is 14.5 Å². The summed E-state index contributed by atoms with van der Waals surface area (Å²) in [5.74, 6) is 0. The molecule has 1 atom stereocenters. The number of nitrogens with zero attached hydrogens (tertiary/aromatic N) is 4. The first-order valence-corrected chi connectivity index (χ1v) is 10.8. The molecule has 10 heteroatoms. The van der Waals surface area contributed by atoms with Crippen LogP contribution in [0.25, 0.3) is 11.2 Å². The maximum absolute atomic E-state index is 10.8. The van der Waals surface area contributed by atoms with Crippen LogP contribution in [0.2, 0.25) is 0 Å². The normalized spacial score (nSPS) is 17.7. The van der Waals surface area contributed by atoms with Gasteiger partial charge < -0.3 is 24.4 Å². The second-order valence-corrected chi connectivity index (χ2v) is 8.38. The van der Waals surface area contributed by atoms with Gasteiger partial charge >= 0.3 is 7.60 Å². The fourth-order valence-electron chi connectivity index (χ4n) is 3.43. The predicted molar refractivity (Wildman–Crippen MR) is 96.6 cm³/mol. The van der Waals surface area contributed by atoms with Gasteiger partial charge in [-0.25, -0.2) is 15.0 Å². The molecule has 1 unspecified atom stereocenters. The van der Waals surface area contributed by atoms with E-state index >= 15 is 0 Å². The highest BCUT2D eigenvalue weighted by atomic mass is 31.2. The van der Waals surface area contributed by atoms with Crippen LogP contribution in [0.5, 0.6) is 0 Å². The van der Waals surface area contributed by atoms with Gasteiger partial charge in [0.1, 0.15) is 18.2 Å². The number of ether oxygens (including phenoxy) is 1. The highest BCUT2D eigenvalue weighted by molar-refractivity contribution is 7.51. The van der Waals surface area contributed by atoms with Crippen molar-refractivity contribution >= 4 is 18.8 Å². The Kier molecular flexibility index (Phi) is 6.37. The standard InChI is InChI=1S/C16H26N5O4P/c1-12(20-13-5-3-2-4-6-13)14-15-16(18-9-17-14)21(10-19-15)7-8-25-11-26(22,23)24/h9-10,12-13,20H,2-8,11H2,1H3,(H2,22,23,24). The van der Waals surface area contributed by atoms with E-state index in [-0.39, 0.29) is 12.6 Å². The first-order valence-electron chi connectivity index (χ1n) is 8.98. The lowest BCUT2D eigenvalue weighted by molar-refractivity contribution is 0.149. The maximum atomic E-state index is 10.8. The molecule has 26 heavy (non-hydrogen) atoms. The molecule has 0 bridgehead atoms. The van der Waals surface area contributed by atoms with Crippen LogP contribution < -0.4 is 5.32 Å². The van der Waals surface area contributed by atoms with Crippen LogP contribution >= 0.6 is 7.60 Å². The summed E-state index contributed by atoms with van der Waals surface area (Å²) in [5, 5.41) is 3.65. The predicted octanol–water partition coefficient (Wildman–Crippen LogP) is 1.96. The molecular weight excluding hydrogens is 357 g/mol. The SMILES string of the molecule is CC(NC1CCCCC1)c1ncnc2c1ncn2CCOCP(=O)(O)O. The lowest BCUT2D eigenvalue weighted by atomic mass is 9.94. The summed E-state index contributed by atoms with van der Waals surface area (Å²) in [6.07, 6.45) is 8.87. The third kappa shape index (κ3) is 5.08. The molecule has 1 aliphatic rings. The Morgan fingerprint density at radius 2 is 2.08 bits per heavy atom. The van der Waals surface area contributed by atoms with Gasteiger partial charge in [0.15, 0.2) is 5.65 Å². The molecule has 2 aromatic heterocycles. The number of nitrogens with one attached hydrogen (secondary N) is 1. The minimum absolute atomic E-state index is 0.0813. The van der Waals surface area contributed by atoms with Gasteiger partial charge in [0.05, 0.1) is 18.6 Å². The Bertz CT molecular complexity index is 771. The van der Waals surface area contributed by atoms with E-state index in [9.17, 15) is 4.57 Å². The van der Waals surface area contributed by atoms with Gasteiger partial charge in [-0.05, 0) is 19.8 Å².